The van der Waals surface area contributed by atoms with Crippen molar-refractivity contribution in [3.05, 3.63) is 64.0 Å². The van der Waals surface area contributed by atoms with Gasteiger partial charge in [-0.2, -0.15) is 0 Å². The van der Waals surface area contributed by atoms with Gasteiger partial charge in [-0.1, -0.05) is 24.3 Å². The van der Waals surface area contributed by atoms with Crippen molar-refractivity contribution in [2.45, 2.75) is 46.1 Å². The first kappa shape index (κ1) is 21.9. The Kier molecular flexibility index (Phi) is 6.31. The number of hydrogen-bond acceptors (Lipinski definition) is 5. The quantitative estimate of drug-likeness (QED) is 0.513. The van der Waals surface area contributed by atoms with Gasteiger partial charge in [0, 0.05) is 17.5 Å². The summed E-state index contributed by atoms with van der Waals surface area (Å²) in [6.07, 6.45) is 2.76. The molecule has 0 atom stereocenters. The van der Waals surface area contributed by atoms with Crippen LogP contribution in [0, 0.1) is 0 Å². The summed E-state index contributed by atoms with van der Waals surface area (Å²) in [5.41, 5.74) is 0.998. The zero-order valence-electron chi connectivity index (χ0n) is 17.1. The number of carboxylic acid groups (broad SMARTS) is 2. The summed E-state index contributed by atoms with van der Waals surface area (Å²) in [5.74, 6) is -3.96. The number of hydrogen-bond donors (Lipinski definition) is 3. The molecule has 0 saturated carbocycles. The first-order valence-electron chi connectivity index (χ1n) is 9.07. The number of benzene rings is 1. The summed E-state index contributed by atoms with van der Waals surface area (Å²) in [4.78, 5) is 35.9. The van der Waals surface area contributed by atoms with Gasteiger partial charge in [-0.05, 0) is 51.8 Å². The van der Waals surface area contributed by atoms with E-state index in [0.717, 1.165) is 0 Å². The van der Waals surface area contributed by atoms with Gasteiger partial charge in [0.25, 0.3) is 0 Å². The molecule has 0 radical (unpaired) electrons. The Morgan fingerprint density at radius 2 is 1.52 bits per heavy atom. The minimum Gasteiger partial charge on any atom is -0.478 e. The molecule has 0 fully saturated rings. The Balaban J connectivity index is 2.59. The van der Waals surface area contributed by atoms with Gasteiger partial charge in [-0.3, -0.25) is 0 Å². The summed E-state index contributed by atoms with van der Waals surface area (Å²) in [5, 5.41) is 22.4. The lowest BCUT2D eigenvalue weighted by atomic mass is 9.78. The lowest BCUT2D eigenvalue weighted by Crippen LogP contribution is -2.31. The standard InChI is InChI=1S/C22H25NO6/c1-12-17(20(25)26)19(18(21(27)28)13(2)23-12)15-9-7-6-8-14(15)10-11-16(24)29-22(3,4)5/h6-11,19,23H,1-5H3,(H,25,26)(H,27,28)/b11-10+. The van der Waals surface area contributed by atoms with Crippen LogP contribution in [0.25, 0.3) is 6.08 Å². The van der Waals surface area contributed by atoms with Crippen LogP contribution in [0.5, 0.6) is 0 Å². The zero-order valence-corrected chi connectivity index (χ0v) is 17.1. The van der Waals surface area contributed by atoms with Crippen LogP contribution in [0.3, 0.4) is 0 Å². The van der Waals surface area contributed by atoms with E-state index in [0.29, 0.717) is 22.5 Å². The number of esters is 1. The van der Waals surface area contributed by atoms with Crippen LogP contribution in [0.2, 0.25) is 0 Å². The van der Waals surface area contributed by atoms with Gasteiger partial charge < -0.3 is 20.3 Å². The van der Waals surface area contributed by atoms with Crippen molar-refractivity contribution in [3.63, 3.8) is 0 Å². The summed E-state index contributed by atoms with van der Waals surface area (Å²) >= 11 is 0. The molecule has 3 N–H and O–H groups in total. The minimum atomic E-state index is -1.21. The fourth-order valence-electron chi connectivity index (χ4n) is 3.29. The van der Waals surface area contributed by atoms with Crippen molar-refractivity contribution in [2.24, 2.45) is 0 Å². The summed E-state index contributed by atoms with van der Waals surface area (Å²) < 4.78 is 5.25. The Morgan fingerprint density at radius 1 is 1.00 bits per heavy atom. The second-order valence-corrected chi connectivity index (χ2v) is 7.74. The molecule has 7 heteroatoms. The number of carbonyl (C=O) groups is 3. The fraction of sp³-hybridized carbons (Fsp3) is 0.318. The monoisotopic (exact) mass is 399 g/mol. The molecule has 0 aliphatic carbocycles. The fourth-order valence-corrected chi connectivity index (χ4v) is 3.29. The van der Waals surface area contributed by atoms with Gasteiger partial charge >= 0.3 is 17.9 Å². The smallest absolute Gasteiger partial charge is 0.334 e. The molecular weight excluding hydrogens is 374 g/mol. The highest BCUT2D eigenvalue weighted by Crippen LogP contribution is 2.39. The average Bonchev–Trinajstić information content (AvgIpc) is 2.57. The molecule has 154 valence electrons. The molecule has 2 rings (SSSR count). The summed E-state index contributed by atoms with van der Waals surface area (Å²) in [6.45, 7) is 8.44. The Morgan fingerprint density at radius 3 is 2.00 bits per heavy atom. The number of rotatable bonds is 5. The topological polar surface area (TPSA) is 113 Å². The van der Waals surface area contributed by atoms with E-state index in [-0.39, 0.29) is 11.1 Å². The average molecular weight is 399 g/mol. The minimum absolute atomic E-state index is 0.0499. The van der Waals surface area contributed by atoms with Crippen molar-refractivity contribution in [1.29, 1.82) is 0 Å². The van der Waals surface area contributed by atoms with Gasteiger partial charge in [0.15, 0.2) is 0 Å². The van der Waals surface area contributed by atoms with Crippen LogP contribution in [0.15, 0.2) is 52.9 Å². The number of ether oxygens (including phenoxy) is 1. The molecule has 29 heavy (non-hydrogen) atoms. The van der Waals surface area contributed by atoms with Crippen molar-refractivity contribution in [1.82, 2.24) is 5.32 Å². The Labute approximate surface area is 169 Å². The number of allylic oxidation sites excluding steroid dienone is 2. The number of nitrogens with one attached hydrogen (secondary N) is 1. The maximum absolute atomic E-state index is 12.0. The predicted molar refractivity (Wildman–Crippen MR) is 108 cm³/mol. The Bertz CT molecular complexity index is 910. The lowest BCUT2D eigenvalue weighted by Gasteiger charge is -2.29. The van der Waals surface area contributed by atoms with Crippen LogP contribution >= 0.6 is 0 Å². The molecule has 0 spiro atoms. The third-order valence-corrected chi connectivity index (χ3v) is 4.33. The molecule has 0 unspecified atom stereocenters. The predicted octanol–water partition coefficient (Wildman–Crippen LogP) is 3.45. The first-order valence-corrected chi connectivity index (χ1v) is 9.07. The highest BCUT2D eigenvalue weighted by Gasteiger charge is 2.37. The van der Waals surface area contributed by atoms with E-state index in [1.54, 1.807) is 58.9 Å². The molecular formula is C22H25NO6. The number of carbonyl (C=O) groups excluding carboxylic acids is 1. The molecule has 1 aliphatic rings. The highest BCUT2D eigenvalue weighted by molar-refractivity contribution is 5.99. The van der Waals surface area contributed by atoms with E-state index < -0.39 is 29.4 Å². The summed E-state index contributed by atoms with van der Waals surface area (Å²) in [7, 11) is 0. The van der Waals surface area contributed by atoms with E-state index in [1.807, 2.05) is 0 Å². The molecule has 1 aromatic carbocycles. The second-order valence-electron chi connectivity index (χ2n) is 7.74. The van der Waals surface area contributed by atoms with Crippen molar-refractivity contribution in [2.75, 3.05) is 0 Å². The molecule has 0 amide bonds. The third-order valence-electron chi connectivity index (χ3n) is 4.33. The maximum atomic E-state index is 12.0. The summed E-state index contributed by atoms with van der Waals surface area (Å²) in [6, 6.07) is 6.79. The maximum Gasteiger partial charge on any atom is 0.334 e. The third kappa shape index (κ3) is 5.13. The Hall–Kier alpha value is -3.35. The molecule has 0 bridgehead atoms. The van der Waals surface area contributed by atoms with Crippen molar-refractivity contribution < 1.29 is 29.3 Å². The zero-order chi connectivity index (χ0) is 21.9. The molecule has 1 aliphatic heterocycles. The highest BCUT2D eigenvalue weighted by atomic mass is 16.6. The largest absolute Gasteiger partial charge is 0.478 e. The number of dihydropyridines is 1. The molecule has 0 saturated heterocycles. The van der Waals surface area contributed by atoms with Crippen molar-refractivity contribution >= 4 is 24.0 Å². The SMILES string of the molecule is CC1=C(C(=O)O)C(c2ccccc2/C=C/C(=O)OC(C)(C)C)C(C(=O)O)=C(C)N1. The van der Waals surface area contributed by atoms with E-state index in [4.69, 9.17) is 4.74 Å². The molecule has 7 nitrogen and oxygen atoms in total. The van der Waals surface area contributed by atoms with Crippen molar-refractivity contribution in [3.8, 4) is 0 Å². The van der Waals surface area contributed by atoms with E-state index in [2.05, 4.69) is 5.32 Å². The normalized spacial score (nSPS) is 15.5. The van der Waals surface area contributed by atoms with Gasteiger partial charge in [0.05, 0.1) is 17.1 Å². The number of aliphatic carboxylic acids is 2. The number of carboxylic acids is 2. The van der Waals surface area contributed by atoms with Crippen LogP contribution < -0.4 is 5.32 Å². The van der Waals surface area contributed by atoms with E-state index in [1.165, 1.54) is 12.2 Å². The van der Waals surface area contributed by atoms with Gasteiger partial charge in [-0.15, -0.1) is 0 Å². The molecule has 1 heterocycles. The second kappa shape index (κ2) is 8.34. The van der Waals surface area contributed by atoms with Gasteiger partial charge in [0.1, 0.15) is 5.60 Å². The van der Waals surface area contributed by atoms with Crippen LogP contribution in [-0.2, 0) is 19.1 Å². The lowest BCUT2D eigenvalue weighted by molar-refractivity contribution is -0.148. The van der Waals surface area contributed by atoms with E-state index >= 15 is 0 Å². The first-order chi connectivity index (χ1) is 13.4. The van der Waals surface area contributed by atoms with Crippen LogP contribution in [-0.4, -0.2) is 33.7 Å². The van der Waals surface area contributed by atoms with Gasteiger partial charge in [0.2, 0.25) is 0 Å². The molecule has 0 aromatic heterocycles. The van der Waals surface area contributed by atoms with Gasteiger partial charge in [-0.25, -0.2) is 14.4 Å². The van der Waals surface area contributed by atoms with E-state index in [9.17, 15) is 24.6 Å². The van der Waals surface area contributed by atoms with Crippen LogP contribution in [0.4, 0.5) is 0 Å². The molecule has 1 aromatic rings. The van der Waals surface area contributed by atoms with Crippen LogP contribution in [0.1, 0.15) is 51.7 Å².